The molecule has 0 aliphatic carbocycles. The molecular formula is C13H22N2O. The number of hydrogen-bond acceptors (Lipinski definition) is 2. The van der Waals surface area contributed by atoms with Crippen LogP contribution >= 0.6 is 0 Å². The van der Waals surface area contributed by atoms with E-state index in [1.54, 1.807) is 0 Å². The first-order chi connectivity index (χ1) is 7.56. The van der Waals surface area contributed by atoms with E-state index in [1.807, 2.05) is 4.90 Å². The van der Waals surface area contributed by atoms with E-state index in [0.717, 1.165) is 31.8 Å². The van der Waals surface area contributed by atoms with Crippen LogP contribution in [0.3, 0.4) is 0 Å². The van der Waals surface area contributed by atoms with Crippen LogP contribution in [0.2, 0.25) is 0 Å². The Kier molecular flexibility index (Phi) is 4.82. The van der Waals surface area contributed by atoms with Gasteiger partial charge in [0, 0.05) is 19.5 Å². The minimum absolute atomic E-state index is 0.0140. The molecule has 90 valence electrons. The zero-order chi connectivity index (χ0) is 12.1. The summed E-state index contributed by atoms with van der Waals surface area (Å²) in [4.78, 5) is 13.7. The van der Waals surface area contributed by atoms with Crippen molar-refractivity contribution in [2.24, 2.45) is 17.6 Å². The van der Waals surface area contributed by atoms with Crippen molar-refractivity contribution in [1.82, 2.24) is 4.90 Å². The molecule has 1 amide bonds. The number of nitrogens with two attached hydrogens (primary N) is 1. The van der Waals surface area contributed by atoms with Gasteiger partial charge in [-0.05, 0) is 24.7 Å². The van der Waals surface area contributed by atoms with Gasteiger partial charge in [0.1, 0.15) is 0 Å². The van der Waals surface area contributed by atoms with Crippen molar-refractivity contribution >= 4 is 5.91 Å². The van der Waals surface area contributed by atoms with E-state index in [0.29, 0.717) is 12.3 Å². The van der Waals surface area contributed by atoms with Gasteiger partial charge in [0.05, 0.1) is 6.04 Å². The third-order valence-corrected chi connectivity index (χ3v) is 3.45. The number of nitrogens with zero attached hydrogens (tertiary/aromatic N) is 1. The first-order valence-corrected chi connectivity index (χ1v) is 6.04. The summed E-state index contributed by atoms with van der Waals surface area (Å²) in [5.41, 5.74) is 5.72. The largest absolute Gasteiger partial charge is 0.341 e. The molecule has 0 aromatic carbocycles. The molecule has 0 radical (unpaired) electrons. The first kappa shape index (κ1) is 13.1. The number of carbonyl (C=O) groups excluding carboxylic acids is 1. The second kappa shape index (κ2) is 5.91. The molecule has 3 heteroatoms. The van der Waals surface area contributed by atoms with Gasteiger partial charge >= 0.3 is 0 Å². The first-order valence-electron chi connectivity index (χ1n) is 6.04. The molecule has 1 saturated heterocycles. The number of amides is 1. The van der Waals surface area contributed by atoms with Crippen molar-refractivity contribution in [3.63, 3.8) is 0 Å². The second-order valence-electron chi connectivity index (χ2n) is 4.92. The van der Waals surface area contributed by atoms with Crippen molar-refractivity contribution in [3.05, 3.63) is 0 Å². The molecule has 0 saturated carbocycles. The second-order valence-corrected chi connectivity index (χ2v) is 4.92. The molecule has 0 spiro atoms. The highest BCUT2D eigenvalue weighted by Gasteiger charge is 2.26. The van der Waals surface area contributed by atoms with E-state index >= 15 is 0 Å². The molecule has 2 N–H and O–H groups in total. The highest BCUT2D eigenvalue weighted by atomic mass is 16.2. The molecule has 1 heterocycles. The molecular weight excluding hydrogens is 200 g/mol. The maximum atomic E-state index is 11.9. The van der Waals surface area contributed by atoms with Crippen molar-refractivity contribution < 1.29 is 4.79 Å². The summed E-state index contributed by atoms with van der Waals surface area (Å²) in [6, 6.07) is -0.513. The van der Waals surface area contributed by atoms with Gasteiger partial charge in [-0.25, -0.2) is 0 Å². The van der Waals surface area contributed by atoms with Crippen LogP contribution in [-0.2, 0) is 4.79 Å². The van der Waals surface area contributed by atoms with Crippen LogP contribution in [0.4, 0.5) is 0 Å². The summed E-state index contributed by atoms with van der Waals surface area (Å²) < 4.78 is 0. The van der Waals surface area contributed by atoms with E-state index in [1.165, 1.54) is 0 Å². The van der Waals surface area contributed by atoms with E-state index in [-0.39, 0.29) is 5.91 Å². The molecule has 1 unspecified atom stereocenters. The van der Waals surface area contributed by atoms with Crippen LogP contribution in [0.25, 0.3) is 0 Å². The fraction of sp³-hybridized carbons (Fsp3) is 0.769. The van der Waals surface area contributed by atoms with Crippen LogP contribution in [0.1, 0.15) is 33.1 Å². The van der Waals surface area contributed by atoms with Crippen molar-refractivity contribution in [2.45, 2.75) is 39.2 Å². The molecule has 0 aromatic heterocycles. The molecule has 1 fully saturated rings. The number of terminal acetylenes is 1. The van der Waals surface area contributed by atoms with Crippen molar-refractivity contribution in [1.29, 1.82) is 0 Å². The maximum absolute atomic E-state index is 11.9. The number of likely N-dealkylation sites (tertiary alicyclic amines) is 1. The molecule has 1 atom stereocenters. The average molecular weight is 222 g/mol. The number of rotatable bonds is 3. The lowest BCUT2D eigenvalue weighted by molar-refractivity contribution is -0.134. The van der Waals surface area contributed by atoms with Crippen LogP contribution in [-0.4, -0.2) is 29.9 Å². The van der Waals surface area contributed by atoms with Gasteiger partial charge < -0.3 is 10.6 Å². The lowest BCUT2D eigenvalue weighted by atomic mass is 9.86. The summed E-state index contributed by atoms with van der Waals surface area (Å²) >= 11 is 0. The summed E-state index contributed by atoms with van der Waals surface area (Å²) in [7, 11) is 0. The van der Waals surface area contributed by atoms with E-state index < -0.39 is 6.04 Å². The number of carbonyl (C=O) groups is 1. The van der Waals surface area contributed by atoms with Gasteiger partial charge in [0.25, 0.3) is 0 Å². The van der Waals surface area contributed by atoms with Crippen molar-refractivity contribution in [3.8, 4) is 12.3 Å². The lowest BCUT2D eigenvalue weighted by Gasteiger charge is -2.34. The zero-order valence-electron chi connectivity index (χ0n) is 10.3. The van der Waals surface area contributed by atoms with Gasteiger partial charge in [-0.15, -0.1) is 12.3 Å². The quantitative estimate of drug-likeness (QED) is 0.730. The fourth-order valence-corrected chi connectivity index (χ4v) is 2.24. The predicted octanol–water partition coefficient (Wildman–Crippen LogP) is 1.23. The highest BCUT2D eigenvalue weighted by Crippen LogP contribution is 2.24. The summed E-state index contributed by atoms with van der Waals surface area (Å²) in [5, 5.41) is 0. The van der Waals surface area contributed by atoms with Crippen molar-refractivity contribution in [2.75, 3.05) is 13.1 Å². The standard InChI is InChI=1S/C13H22N2O/c1-4-5-12(14)13(16)15-8-6-11(7-9-15)10(2)3/h1,10-12H,5-9,14H2,2-3H3. The van der Waals surface area contributed by atoms with Gasteiger partial charge in [-0.3, -0.25) is 4.79 Å². The molecule has 0 aromatic rings. The smallest absolute Gasteiger partial charge is 0.240 e. The Morgan fingerprint density at radius 3 is 2.50 bits per heavy atom. The van der Waals surface area contributed by atoms with Crippen LogP contribution in [0.5, 0.6) is 0 Å². The van der Waals surface area contributed by atoms with Crippen LogP contribution in [0, 0.1) is 24.2 Å². The Hall–Kier alpha value is -1.01. The Morgan fingerprint density at radius 1 is 1.50 bits per heavy atom. The maximum Gasteiger partial charge on any atom is 0.240 e. The van der Waals surface area contributed by atoms with Crippen LogP contribution in [0.15, 0.2) is 0 Å². The van der Waals surface area contributed by atoms with E-state index in [2.05, 4.69) is 19.8 Å². The normalized spacial score (nSPS) is 19.6. The summed E-state index contributed by atoms with van der Waals surface area (Å²) in [5.74, 6) is 3.90. The van der Waals surface area contributed by atoms with Gasteiger partial charge in [0.2, 0.25) is 5.91 Å². The Bertz CT molecular complexity index is 272. The Morgan fingerprint density at radius 2 is 2.06 bits per heavy atom. The third kappa shape index (κ3) is 3.24. The predicted molar refractivity (Wildman–Crippen MR) is 65.6 cm³/mol. The molecule has 16 heavy (non-hydrogen) atoms. The number of piperidine rings is 1. The van der Waals surface area contributed by atoms with E-state index in [4.69, 9.17) is 12.2 Å². The Labute approximate surface area is 98.4 Å². The average Bonchev–Trinajstić information content (AvgIpc) is 2.28. The minimum Gasteiger partial charge on any atom is -0.341 e. The molecule has 1 aliphatic rings. The lowest BCUT2D eigenvalue weighted by Crippen LogP contribution is -2.47. The van der Waals surface area contributed by atoms with Gasteiger partial charge in [-0.2, -0.15) is 0 Å². The molecule has 0 bridgehead atoms. The van der Waals surface area contributed by atoms with E-state index in [9.17, 15) is 4.79 Å². The van der Waals surface area contributed by atoms with Gasteiger partial charge in [-0.1, -0.05) is 13.8 Å². The zero-order valence-corrected chi connectivity index (χ0v) is 10.3. The highest BCUT2D eigenvalue weighted by molar-refractivity contribution is 5.82. The summed E-state index contributed by atoms with van der Waals surface area (Å²) in [6.45, 7) is 6.15. The minimum atomic E-state index is -0.513. The van der Waals surface area contributed by atoms with Gasteiger partial charge in [0.15, 0.2) is 0 Å². The Balaban J connectivity index is 2.42. The molecule has 1 rings (SSSR count). The monoisotopic (exact) mass is 222 g/mol. The summed E-state index contributed by atoms with van der Waals surface area (Å²) in [6.07, 6.45) is 7.67. The molecule has 1 aliphatic heterocycles. The molecule has 3 nitrogen and oxygen atoms in total. The number of hydrogen-bond donors (Lipinski definition) is 1. The SMILES string of the molecule is C#CCC(N)C(=O)N1CCC(C(C)C)CC1. The third-order valence-electron chi connectivity index (χ3n) is 3.45. The van der Waals surface area contributed by atoms with Crippen LogP contribution < -0.4 is 5.73 Å². The fourth-order valence-electron chi connectivity index (χ4n) is 2.24. The topological polar surface area (TPSA) is 46.3 Å².